The molecule has 122 valence electrons. The zero-order valence-corrected chi connectivity index (χ0v) is 14.2. The number of carbonyl (C=O) groups is 1. The monoisotopic (exact) mass is 395 g/mol. The van der Waals surface area contributed by atoms with E-state index in [-0.39, 0.29) is 32.1 Å². The number of amides is 1. The lowest BCUT2D eigenvalue weighted by atomic mass is 10.2. The minimum atomic E-state index is -4.58. The average molecular weight is 397 g/mol. The third kappa shape index (κ3) is 4.42. The molecule has 1 amide bonds. The van der Waals surface area contributed by atoms with E-state index in [9.17, 15) is 18.3 Å². The van der Waals surface area contributed by atoms with E-state index in [4.69, 9.17) is 34.8 Å². The third-order valence-electron chi connectivity index (χ3n) is 2.52. The molecule has 0 saturated carbocycles. The molecular formula is C13H8Cl3NO5S. The quantitative estimate of drug-likeness (QED) is 0.826. The van der Waals surface area contributed by atoms with Crippen LogP contribution in [0.1, 0.15) is 10.4 Å². The van der Waals surface area contributed by atoms with E-state index in [1.807, 2.05) is 0 Å². The Balaban J connectivity index is 2.24. The first kappa shape index (κ1) is 17.7. The Morgan fingerprint density at radius 2 is 1.65 bits per heavy atom. The van der Waals surface area contributed by atoms with Gasteiger partial charge in [0.15, 0.2) is 5.75 Å². The Labute approximate surface area is 146 Å². The van der Waals surface area contributed by atoms with Crippen molar-refractivity contribution in [1.82, 2.24) is 4.72 Å². The number of halogens is 3. The first-order chi connectivity index (χ1) is 10.7. The number of nitrogens with one attached hydrogen (secondary N) is 1. The van der Waals surface area contributed by atoms with Crippen molar-refractivity contribution < 1.29 is 22.5 Å². The average Bonchev–Trinajstić information content (AvgIpc) is 2.42. The van der Waals surface area contributed by atoms with Crippen molar-refractivity contribution in [2.24, 2.45) is 0 Å². The van der Waals surface area contributed by atoms with Gasteiger partial charge in [-0.25, -0.2) is 4.72 Å². The molecule has 0 radical (unpaired) electrons. The normalized spacial score (nSPS) is 11.1. The lowest BCUT2D eigenvalue weighted by molar-refractivity contribution is 0.0976. The fourth-order valence-corrected chi connectivity index (χ4v) is 3.34. The maximum Gasteiger partial charge on any atom is 0.410 e. The van der Waals surface area contributed by atoms with Crippen LogP contribution in [0.3, 0.4) is 0 Å². The summed E-state index contributed by atoms with van der Waals surface area (Å²) in [6.07, 6.45) is 0. The van der Waals surface area contributed by atoms with Crippen LogP contribution in [-0.2, 0) is 10.3 Å². The largest absolute Gasteiger partial charge is 0.507 e. The predicted octanol–water partition coefficient (Wildman–Crippen LogP) is 3.41. The summed E-state index contributed by atoms with van der Waals surface area (Å²) >= 11 is 17.3. The number of aromatic hydroxyl groups is 1. The summed E-state index contributed by atoms with van der Waals surface area (Å²) in [6.45, 7) is 0. The summed E-state index contributed by atoms with van der Waals surface area (Å²) in [5.74, 6) is -1.85. The van der Waals surface area contributed by atoms with Crippen molar-refractivity contribution in [1.29, 1.82) is 0 Å². The topological polar surface area (TPSA) is 92.7 Å². The summed E-state index contributed by atoms with van der Waals surface area (Å²) in [4.78, 5) is 11.9. The molecule has 2 N–H and O–H groups in total. The molecule has 23 heavy (non-hydrogen) atoms. The molecule has 0 unspecified atom stereocenters. The number of hydrogen-bond donors (Lipinski definition) is 2. The maximum absolute atomic E-state index is 11.9. The standard InChI is InChI=1S/C13H8Cl3NO5S/c14-7-5-9(15)12(10(16)6-7)22-23(20,21)17-13(19)8-3-1-2-4-11(8)18/h1-6,18H,(H,17,19). The number of para-hydroxylation sites is 1. The first-order valence-corrected chi connectivity index (χ1v) is 8.43. The Morgan fingerprint density at radius 3 is 2.22 bits per heavy atom. The highest BCUT2D eigenvalue weighted by molar-refractivity contribution is 7.85. The van der Waals surface area contributed by atoms with Crippen LogP contribution >= 0.6 is 34.8 Å². The molecule has 0 spiro atoms. The molecule has 0 atom stereocenters. The van der Waals surface area contributed by atoms with Gasteiger partial charge >= 0.3 is 10.3 Å². The lowest BCUT2D eigenvalue weighted by Crippen LogP contribution is -2.34. The van der Waals surface area contributed by atoms with Crippen molar-refractivity contribution in [2.75, 3.05) is 0 Å². The van der Waals surface area contributed by atoms with E-state index in [2.05, 4.69) is 4.18 Å². The zero-order valence-electron chi connectivity index (χ0n) is 11.1. The minimum Gasteiger partial charge on any atom is -0.507 e. The smallest absolute Gasteiger partial charge is 0.410 e. The second-order valence-electron chi connectivity index (χ2n) is 4.18. The molecule has 0 aliphatic carbocycles. The molecule has 2 rings (SSSR count). The van der Waals surface area contributed by atoms with Gasteiger partial charge in [-0.2, -0.15) is 8.42 Å². The van der Waals surface area contributed by atoms with Crippen molar-refractivity contribution >= 4 is 51.0 Å². The SMILES string of the molecule is O=C(NS(=O)(=O)Oc1c(Cl)cc(Cl)cc1Cl)c1ccccc1O. The van der Waals surface area contributed by atoms with E-state index < -0.39 is 16.2 Å². The van der Waals surface area contributed by atoms with Crippen molar-refractivity contribution in [3.8, 4) is 11.5 Å². The fourth-order valence-electron chi connectivity index (χ4n) is 1.57. The highest BCUT2D eigenvalue weighted by Crippen LogP contribution is 2.36. The van der Waals surface area contributed by atoms with Gasteiger partial charge in [-0.15, -0.1) is 0 Å². The highest BCUT2D eigenvalue weighted by atomic mass is 35.5. The predicted molar refractivity (Wildman–Crippen MR) is 86.6 cm³/mol. The molecule has 2 aromatic carbocycles. The zero-order chi connectivity index (χ0) is 17.2. The van der Waals surface area contributed by atoms with Gasteiger partial charge in [-0.05, 0) is 24.3 Å². The molecular weight excluding hydrogens is 389 g/mol. The maximum atomic E-state index is 11.9. The fraction of sp³-hybridized carbons (Fsp3) is 0. The van der Waals surface area contributed by atoms with Gasteiger partial charge in [0.2, 0.25) is 0 Å². The number of phenols is 1. The van der Waals surface area contributed by atoms with Gasteiger partial charge in [0.05, 0.1) is 15.6 Å². The van der Waals surface area contributed by atoms with Gasteiger partial charge in [0, 0.05) is 5.02 Å². The Bertz CT molecular complexity index is 847. The number of phenolic OH excluding ortho intramolecular Hbond substituents is 1. The summed E-state index contributed by atoms with van der Waals surface area (Å²) in [6, 6.07) is 7.85. The van der Waals surface area contributed by atoms with E-state index in [0.29, 0.717) is 0 Å². The minimum absolute atomic E-state index is 0.150. The molecule has 0 heterocycles. The van der Waals surface area contributed by atoms with Gasteiger partial charge < -0.3 is 9.29 Å². The summed E-state index contributed by atoms with van der Waals surface area (Å²) in [5.41, 5.74) is -0.243. The van der Waals surface area contributed by atoms with E-state index in [1.165, 1.54) is 36.4 Å². The summed E-state index contributed by atoms with van der Waals surface area (Å²) in [7, 11) is -4.58. The third-order valence-corrected chi connectivity index (χ3v) is 4.12. The first-order valence-electron chi connectivity index (χ1n) is 5.88. The molecule has 0 saturated heterocycles. The Kier molecular flexibility index (Phi) is 5.26. The van der Waals surface area contributed by atoms with Crippen LogP contribution in [-0.4, -0.2) is 19.4 Å². The van der Waals surface area contributed by atoms with Crippen molar-refractivity contribution in [3.63, 3.8) is 0 Å². The van der Waals surface area contributed by atoms with Gasteiger partial charge in [0.25, 0.3) is 5.91 Å². The Morgan fingerprint density at radius 1 is 1.09 bits per heavy atom. The lowest BCUT2D eigenvalue weighted by Gasteiger charge is -2.11. The highest BCUT2D eigenvalue weighted by Gasteiger charge is 2.23. The second-order valence-corrected chi connectivity index (χ2v) is 6.71. The van der Waals surface area contributed by atoms with Gasteiger partial charge in [-0.1, -0.05) is 46.9 Å². The Hall–Kier alpha value is -1.67. The number of hydrogen-bond acceptors (Lipinski definition) is 5. The molecule has 6 nitrogen and oxygen atoms in total. The molecule has 0 fully saturated rings. The number of carbonyl (C=O) groups excluding carboxylic acids is 1. The van der Waals surface area contributed by atoms with Crippen molar-refractivity contribution in [3.05, 3.63) is 57.0 Å². The number of rotatable bonds is 4. The van der Waals surface area contributed by atoms with Crippen LogP contribution in [0.4, 0.5) is 0 Å². The molecule has 0 aromatic heterocycles. The van der Waals surface area contributed by atoms with E-state index in [1.54, 1.807) is 4.72 Å². The number of benzene rings is 2. The van der Waals surface area contributed by atoms with Gasteiger partial charge in [-0.3, -0.25) is 4.79 Å². The van der Waals surface area contributed by atoms with Crippen LogP contribution in [0.5, 0.6) is 11.5 Å². The van der Waals surface area contributed by atoms with Crippen LogP contribution in [0.2, 0.25) is 15.1 Å². The molecule has 10 heteroatoms. The summed E-state index contributed by atoms with van der Waals surface area (Å²) < 4.78 is 30.1. The van der Waals surface area contributed by atoms with E-state index >= 15 is 0 Å². The molecule has 2 aromatic rings. The van der Waals surface area contributed by atoms with Gasteiger partial charge in [0.1, 0.15) is 5.75 Å². The van der Waals surface area contributed by atoms with Crippen LogP contribution in [0.15, 0.2) is 36.4 Å². The van der Waals surface area contributed by atoms with Crippen LogP contribution in [0, 0.1) is 0 Å². The van der Waals surface area contributed by atoms with Crippen molar-refractivity contribution in [2.45, 2.75) is 0 Å². The van der Waals surface area contributed by atoms with Crippen LogP contribution in [0.25, 0.3) is 0 Å². The van der Waals surface area contributed by atoms with E-state index in [0.717, 1.165) is 0 Å². The second kappa shape index (κ2) is 6.84. The van der Waals surface area contributed by atoms with Crippen LogP contribution < -0.4 is 8.91 Å². The summed E-state index contributed by atoms with van der Waals surface area (Å²) in [5, 5.41) is 9.42. The molecule has 0 bridgehead atoms. The molecule has 0 aliphatic heterocycles. The molecule has 0 aliphatic rings.